The van der Waals surface area contributed by atoms with Crippen molar-refractivity contribution in [2.45, 2.75) is 122 Å². The van der Waals surface area contributed by atoms with Gasteiger partial charge < -0.3 is 46.7 Å². The highest BCUT2D eigenvalue weighted by Crippen LogP contribution is 2.24. The molecule has 55 heavy (non-hydrogen) atoms. The normalized spacial score (nSPS) is 15.6. The molecule has 1 aliphatic heterocycles. The highest BCUT2D eigenvalue weighted by molar-refractivity contribution is 6.43. The smallest absolute Gasteiger partial charge is 0.444 e. The second-order valence-electron chi connectivity index (χ2n) is 15.8. The summed E-state index contributed by atoms with van der Waals surface area (Å²) < 4.78 is 5.29. The lowest BCUT2D eigenvalue weighted by Crippen LogP contribution is -2.59. The van der Waals surface area contributed by atoms with Crippen LogP contribution in [-0.2, 0) is 36.8 Å². The van der Waals surface area contributed by atoms with Crippen molar-refractivity contribution in [1.82, 2.24) is 26.2 Å². The molecule has 0 aliphatic carbocycles. The van der Waals surface area contributed by atoms with E-state index in [-0.39, 0.29) is 43.3 Å². The Labute approximate surface area is 325 Å². The number of benzene rings is 2. The van der Waals surface area contributed by atoms with Crippen molar-refractivity contribution in [3.8, 4) is 0 Å². The van der Waals surface area contributed by atoms with E-state index in [0.717, 1.165) is 11.1 Å². The molecule has 1 saturated heterocycles. The quantitative estimate of drug-likeness (QED) is 0.0826. The number of ether oxygens (including phenoxy) is 1. The summed E-state index contributed by atoms with van der Waals surface area (Å²) in [5.74, 6) is -2.29. The van der Waals surface area contributed by atoms with Gasteiger partial charge in [0.15, 0.2) is 0 Å². The Morgan fingerprint density at radius 1 is 0.800 bits per heavy atom. The molecule has 0 aromatic heterocycles. The summed E-state index contributed by atoms with van der Waals surface area (Å²) in [6.07, 6.45) is 2.20. The fourth-order valence-corrected chi connectivity index (χ4v) is 6.42. The van der Waals surface area contributed by atoms with Crippen molar-refractivity contribution in [1.29, 1.82) is 0 Å². The molecule has 2 aromatic rings. The predicted molar refractivity (Wildman–Crippen MR) is 211 cm³/mol. The number of hydrogen-bond donors (Lipinski definition) is 7. The van der Waals surface area contributed by atoms with E-state index < -0.39 is 60.7 Å². The molecule has 302 valence electrons. The number of carbonyl (C=O) groups is 5. The monoisotopic (exact) mass is 764 g/mol. The van der Waals surface area contributed by atoms with Crippen LogP contribution in [0.2, 0.25) is 5.82 Å². The maximum absolute atomic E-state index is 14.0. The number of alkyl carbamates (subject to hydrolysis) is 1. The highest BCUT2D eigenvalue weighted by atomic mass is 16.6. The number of nitrogens with zero attached hydrogens (tertiary/aromatic N) is 1. The first-order valence-corrected chi connectivity index (χ1v) is 19.4. The fraction of sp³-hybridized carbons (Fsp3) is 0.575. The molecule has 1 aliphatic rings. The van der Waals surface area contributed by atoms with E-state index in [4.69, 9.17) is 10.5 Å². The molecular weight excluding hydrogens is 703 g/mol. The summed E-state index contributed by atoms with van der Waals surface area (Å²) >= 11 is 0. The number of unbranched alkanes of at least 4 members (excludes halogenated alkanes) is 1. The molecule has 5 amide bonds. The minimum Gasteiger partial charge on any atom is -0.444 e. The third kappa shape index (κ3) is 16.4. The topological polar surface area (TPSA) is 212 Å². The van der Waals surface area contributed by atoms with Crippen LogP contribution in [-0.4, -0.2) is 101 Å². The zero-order valence-electron chi connectivity index (χ0n) is 33.0. The average Bonchev–Trinajstić information content (AvgIpc) is 3.13. The van der Waals surface area contributed by atoms with Crippen LogP contribution in [0.3, 0.4) is 0 Å². The Balaban J connectivity index is 1.75. The first kappa shape index (κ1) is 44.9. The largest absolute Gasteiger partial charge is 0.454 e. The SMILES string of the molecule is CC(C)C[C@@H](NC(=O)[C@@H](Cc1ccccc1)NC(=O)[C@H](N)Cc1ccccc1)C(=O)N[C@H](CCCCNC(=O)OC(C)(C)C)C(=O)N1CCC(B(O)O)CC1. The van der Waals surface area contributed by atoms with Gasteiger partial charge in [0.05, 0.1) is 6.04 Å². The highest BCUT2D eigenvalue weighted by Gasteiger charge is 2.35. The number of carbonyl (C=O) groups excluding carboxylic acids is 5. The summed E-state index contributed by atoms with van der Waals surface area (Å²) in [5.41, 5.74) is 7.31. The number of nitrogens with one attached hydrogen (secondary N) is 4. The zero-order chi connectivity index (χ0) is 40.5. The molecule has 1 heterocycles. The van der Waals surface area contributed by atoms with Crippen molar-refractivity contribution in [3.63, 3.8) is 0 Å². The molecule has 0 bridgehead atoms. The first-order valence-electron chi connectivity index (χ1n) is 19.4. The molecule has 3 rings (SSSR count). The molecular formula is C40H61BN6O8. The summed E-state index contributed by atoms with van der Waals surface area (Å²) in [7, 11) is -1.47. The standard InChI is InChI=1S/C40H61BN6O8/c1-27(2)24-33(46-37(50)34(26-29-16-10-7-11-17-29)45-35(48)31(42)25-28-14-8-6-9-15-28)36(49)44-32(18-12-13-21-43-39(52)55-40(3,4)5)38(51)47-22-19-30(20-23-47)41(53)54/h6-11,14-17,27,30-34,53-54H,12-13,18-26,42H2,1-5H3,(H,43,52)(H,44,49)(H,45,48)(H,46,50)/t31-,32-,33-,34-/m1/s1. The van der Waals surface area contributed by atoms with Crippen molar-refractivity contribution < 1.29 is 38.8 Å². The molecule has 4 atom stereocenters. The van der Waals surface area contributed by atoms with Crippen LogP contribution in [0.5, 0.6) is 0 Å². The van der Waals surface area contributed by atoms with Gasteiger partial charge in [-0.25, -0.2) is 4.79 Å². The lowest BCUT2D eigenvalue weighted by Gasteiger charge is -2.34. The minimum atomic E-state index is -1.47. The van der Waals surface area contributed by atoms with Crippen LogP contribution in [0.15, 0.2) is 60.7 Å². The average molecular weight is 765 g/mol. The van der Waals surface area contributed by atoms with Gasteiger partial charge in [-0.05, 0) is 88.6 Å². The van der Waals surface area contributed by atoms with Gasteiger partial charge in [0, 0.05) is 26.1 Å². The van der Waals surface area contributed by atoms with E-state index in [1.807, 2.05) is 74.5 Å². The van der Waals surface area contributed by atoms with Crippen LogP contribution >= 0.6 is 0 Å². The molecule has 14 nitrogen and oxygen atoms in total. The van der Waals surface area contributed by atoms with E-state index >= 15 is 0 Å². The molecule has 0 radical (unpaired) electrons. The first-order chi connectivity index (χ1) is 26.0. The second kappa shape index (κ2) is 22.2. The number of piperidine rings is 1. The van der Waals surface area contributed by atoms with Gasteiger partial charge >= 0.3 is 13.2 Å². The van der Waals surface area contributed by atoms with Crippen molar-refractivity contribution in [3.05, 3.63) is 71.8 Å². The van der Waals surface area contributed by atoms with Crippen molar-refractivity contribution >= 4 is 36.8 Å². The third-order valence-corrected chi connectivity index (χ3v) is 9.37. The van der Waals surface area contributed by atoms with E-state index in [0.29, 0.717) is 45.3 Å². The fourth-order valence-electron chi connectivity index (χ4n) is 6.42. The van der Waals surface area contributed by atoms with E-state index in [2.05, 4.69) is 21.3 Å². The Morgan fingerprint density at radius 3 is 1.87 bits per heavy atom. The van der Waals surface area contributed by atoms with Gasteiger partial charge in [-0.1, -0.05) is 74.5 Å². The lowest BCUT2D eigenvalue weighted by molar-refractivity contribution is -0.138. The lowest BCUT2D eigenvalue weighted by atomic mass is 9.67. The summed E-state index contributed by atoms with van der Waals surface area (Å²) in [4.78, 5) is 69.0. The van der Waals surface area contributed by atoms with Gasteiger partial charge in [0.1, 0.15) is 23.7 Å². The van der Waals surface area contributed by atoms with E-state index in [1.54, 1.807) is 25.7 Å². The minimum absolute atomic E-state index is 0.0190. The van der Waals surface area contributed by atoms with Gasteiger partial charge in [0.2, 0.25) is 23.6 Å². The number of likely N-dealkylation sites (tertiary alicyclic amines) is 1. The Hall–Kier alpha value is -4.47. The Bertz CT molecular complexity index is 1520. The van der Waals surface area contributed by atoms with E-state index in [1.165, 1.54) is 0 Å². The molecule has 15 heteroatoms. The van der Waals surface area contributed by atoms with Crippen LogP contribution in [0.25, 0.3) is 0 Å². The van der Waals surface area contributed by atoms with Crippen LogP contribution in [0.1, 0.15) is 84.3 Å². The summed E-state index contributed by atoms with van der Waals surface area (Å²) in [6.45, 7) is 10.0. The predicted octanol–water partition coefficient (Wildman–Crippen LogP) is 2.46. The summed E-state index contributed by atoms with van der Waals surface area (Å²) in [5, 5.41) is 30.6. The molecule has 0 saturated carbocycles. The number of hydrogen-bond acceptors (Lipinski definition) is 9. The zero-order valence-corrected chi connectivity index (χ0v) is 33.0. The van der Waals surface area contributed by atoms with Gasteiger partial charge in [0.25, 0.3) is 0 Å². The van der Waals surface area contributed by atoms with Crippen LogP contribution in [0, 0.1) is 5.92 Å². The van der Waals surface area contributed by atoms with Gasteiger partial charge in [-0.3, -0.25) is 19.2 Å². The molecule has 2 aromatic carbocycles. The number of amides is 5. The molecule has 0 unspecified atom stereocenters. The maximum Gasteiger partial charge on any atom is 0.454 e. The van der Waals surface area contributed by atoms with Gasteiger partial charge in [-0.2, -0.15) is 0 Å². The Kier molecular flexibility index (Phi) is 18.1. The van der Waals surface area contributed by atoms with E-state index in [9.17, 15) is 34.0 Å². The molecule has 8 N–H and O–H groups in total. The molecule has 1 fully saturated rings. The molecule has 0 spiro atoms. The van der Waals surface area contributed by atoms with Crippen molar-refractivity contribution in [2.24, 2.45) is 11.7 Å². The second-order valence-corrected chi connectivity index (χ2v) is 15.8. The number of rotatable bonds is 19. The summed E-state index contributed by atoms with van der Waals surface area (Å²) in [6, 6.07) is 14.6. The van der Waals surface area contributed by atoms with Crippen molar-refractivity contribution in [2.75, 3.05) is 19.6 Å². The maximum atomic E-state index is 14.0. The third-order valence-electron chi connectivity index (χ3n) is 9.37. The van der Waals surface area contributed by atoms with Crippen LogP contribution < -0.4 is 27.0 Å². The Morgan fingerprint density at radius 2 is 1.33 bits per heavy atom. The van der Waals surface area contributed by atoms with Gasteiger partial charge in [-0.15, -0.1) is 0 Å². The number of nitrogens with two attached hydrogens (primary N) is 1. The van der Waals surface area contributed by atoms with Crippen LogP contribution in [0.4, 0.5) is 4.79 Å².